The van der Waals surface area contributed by atoms with Crippen LogP contribution < -0.4 is 5.32 Å². The maximum absolute atomic E-state index is 12.6. The van der Waals surface area contributed by atoms with Crippen molar-refractivity contribution >= 4 is 21.9 Å². The third-order valence-electron chi connectivity index (χ3n) is 5.76. The Morgan fingerprint density at radius 3 is 2.24 bits per heavy atom. The number of amides is 1. The molecule has 1 saturated heterocycles. The molecule has 0 aromatic carbocycles. The maximum atomic E-state index is 12.6. The Morgan fingerprint density at radius 1 is 1.28 bits per heavy atom. The molecular formula is C16H28N2O6S. The van der Waals surface area contributed by atoms with Crippen LogP contribution in [0.2, 0.25) is 0 Å². The number of piperidine rings is 1. The molecule has 1 heterocycles. The van der Waals surface area contributed by atoms with Crippen molar-refractivity contribution in [1.29, 1.82) is 0 Å². The van der Waals surface area contributed by atoms with Crippen molar-refractivity contribution in [3.05, 3.63) is 0 Å². The topological polar surface area (TPSA) is 113 Å². The van der Waals surface area contributed by atoms with Gasteiger partial charge in [-0.05, 0) is 19.8 Å². The molecule has 8 nitrogen and oxygen atoms in total. The van der Waals surface area contributed by atoms with Gasteiger partial charge >= 0.3 is 5.97 Å². The van der Waals surface area contributed by atoms with Crippen LogP contribution in [0.3, 0.4) is 0 Å². The Kier molecular flexibility index (Phi) is 5.51. The van der Waals surface area contributed by atoms with Crippen LogP contribution in [-0.4, -0.2) is 67.3 Å². The maximum Gasteiger partial charge on any atom is 0.330 e. The number of hydrogen-bond acceptors (Lipinski definition) is 5. The first-order chi connectivity index (χ1) is 11.5. The van der Waals surface area contributed by atoms with Crippen LogP contribution >= 0.6 is 0 Å². The molecule has 1 amide bonds. The molecule has 25 heavy (non-hydrogen) atoms. The third kappa shape index (κ3) is 3.54. The van der Waals surface area contributed by atoms with Crippen LogP contribution in [0.5, 0.6) is 0 Å². The van der Waals surface area contributed by atoms with Crippen molar-refractivity contribution in [1.82, 2.24) is 9.62 Å². The molecule has 2 N–H and O–H groups in total. The van der Waals surface area contributed by atoms with Crippen molar-refractivity contribution in [2.45, 2.75) is 51.7 Å². The van der Waals surface area contributed by atoms with Gasteiger partial charge in [-0.15, -0.1) is 0 Å². The smallest absolute Gasteiger partial charge is 0.330 e. The Bertz CT molecular complexity index is 639. The van der Waals surface area contributed by atoms with Crippen molar-refractivity contribution in [2.24, 2.45) is 11.3 Å². The van der Waals surface area contributed by atoms with Crippen LogP contribution in [0.25, 0.3) is 0 Å². The van der Waals surface area contributed by atoms with Gasteiger partial charge in [0.15, 0.2) is 0 Å². The summed E-state index contributed by atoms with van der Waals surface area (Å²) in [5.74, 6) is -1.76. The Labute approximate surface area is 149 Å². The second kappa shape index (κ2) is 6.85. The Morgan fingerprint density at radius 2 is 1.84 bits per heavy atom. The van der Waals surface area contributed by atoms with Gasteiger partial charge in [-0.3, -0.25) is 4.79 Å². The summed E-state index contributed by atoms with van der Waals surface area (Å²) < 4.78 is 30.0. The van der Waals surface area contributed by atoms with Crippen molar-refractivity contribution in [2.75, 3.05) is 26.0 Å². The zero-order valence-corrected chi connectivity index (χ0v) is 16.1. The van der Waals surface area contributed by atoms with Gasteiger partial charge in [-0.25, -0.2) is 17.5 Å². The predicted octanol–water partition coefficient (Wildman–Crippen LogP) is 0.433. The molecule has 1 saturated carbocycles. The molecule has 2 aliphatic rings. The zero-order chi connectivity index (χ0) is 19.0. The monoisotopic (exact) mass is 376 g/mol. The fraction of sp³-hybridized carbons (Fsp3) is 0.875. The third-order valence-corrected chi connectivity index (χ3v) is 7.06. The van der Waals surface area contributed by atoms with E-state index in [-0.39, 0.29) is 37.4 Å². The molecule has 2 atom stereocenters. The number of carboxylic acids is 1. The van der Waals surface area contributed by atoms with Gasteiger partial charge in [0, 0.05) is 37.5 Å². The molecule has 2 fully saturated rings. The molecule has 0 spiro atoms. The molecule has 9 heteroatoms. The number of carboxylic acid groups (broad SMARTS) is 1. The van der Waals surface area contributed by atoms with Gasteiger partial charge in [0.05, 0.1) is 12.4 Å². The number of nitrogens with zero attached hydrogens (tertiary/aromatic N) is 1. The lowest BCUT2D eigenvalue weighted by atomic mass is 9.54. The number of nitrogens with one attached hydrogen (secondary N) is 1. The molecular weight excluding hydrogens is 348 g/mol. The van der Waals surface area contributed by atoms with E-state index in [2.05, 4.69) is 5.32 Å². The number of carbonyl (C=O) groups is 2. The highest BCUT2D eigenvalue weighted by Gasteiger charge is 2.66. The van der Waals surface area contributed by atoms with Crippen molar-refractivity contribution < 1.29 is 27.9 Å². The number of rotatable bonds is 6. The molecule has 0 aromatic rings. The van der Waals surface area contributed by atoms with E-state index in [0.717, 1.165) is 6.26 Å². The summed E-state index contributed by atoms with van der Waals surface area (Å²) in [7, 11) is -3.26. The largest absolute Gasteiger partial charge is 0.479 e. The van der Waals surface area contributed by atoms with Crippen LogP contribution in [-0.2, 0) is 24.3 Å². The highest BCUT2D eigenvalue weighted by molar-refractivity contribution is 7.88. The first-order valence-corrected chi connectivity index (χ1v) is 10.4. The fourth-order valence-corrected chi connectivity index (χ4v) is 4.67. The summed E-state index contributed by atoms with van der Waals surface area (Å²) in [5, 5.41) is 12.5. The van der Waals surface area contributed by atoms with E-state index in [9.17, 15) is 23.1 Å². The summed E-state index contributed by atoms with van der Waals surface area (Å²) in [5.41, 5.74) is -2.07. The zero-order valence-electron chi connectivity index (χ0n) is 15.2. The minimum Gasteiger partial charge on any atom is -0.479 e. The molecule has 1 aliphatic carbocycles. The highest BCUT2D eigenvalue weighted by Crippen LogP contribution is 2.51. The van der Waals surface area contributed by atoms with Crippen LogP contribution in [0.15, 0.2) is 0 Å². The van der Waals surface area contributed by atoms with Crippen LogP contribution in [0.1, 0.15) is 40.0 Å². The second-order valence-corrected chi connectivity index (χ2v) is 9.49. The SMILES string of the molecule is CCOC1CC(NC(=O)C2CCN(S(C)(=O)=O)CC2)(C(=O)O)C1(C)C. The number of sulfonamides is 1. The lowest BCUT2D eigenvalue weighted by Crippen LogP contribution is -2.76. The average Bonchev–Trinajstić information content (AvgIpc) is 2.52. The lowest BCUT2D eigenvalue weighted by Gasteiger charge is -2.58. The number of ether oxygens (including phenoxy) is 1. The minimum absolute atomic E-state index is 0.221. The molecule has 2 unspecified atom stereocenters. The van der Waals surface area contributed by atoms with Crippen LogP contribution in [0.4, 0.5) is 0 Å². The highest BCUT2D eigenvalue weighted by atomic mass is 32.2. The second-order valence-electron chi connectivity index (χ2n) is 7.51. The number of carbonyl (C=O) groups excluding carboxylic acids is 1. The van der Waals surface area contributed by atoms with E-state index >= 15 is 0 Å². The van der Waals surface area contributed by atoms with Gasteiger partial charge in [0.25, 0.3) is 0 Å². The van der Waals surface area contributed by atoms with E-state index in [4.69, 9.17) is 4.74 Å². The lowest BCUT2D eigenvalue weighted by molar-refractivity contribution is -0.195. The van der Waals surface area contributed by atoms with E-state index in [1.54, 1.807) is 13.8 Å². The van der Waals surface area contributed by atoms with Crippen LogP contribution in [0, 0.1) is 11.3 Å². The predicted molar refractivity (Wildman–Crippen MR) is 91.5 cm³/mol. The van der Waals surface area contributed by atoms with Gasteiger partial charge < -0.3 is 15.2 Å². The molecule has 0 bridgehead atoms. The standard InChI is InChI=1S/C16H28N2O6S/c1-5-24-12-10-16(14(20)21,15(12,2)3)17-13(19)11-6-8-18(9-7-11)25(4,22)23/h11-12H,5-10H2,1-4H3,(H,17,19)(H,20,21). The van der Waals surface area contributed by atoms with Gasteiger partial charge in [-0.1, -0.05) is 13.8 Å². The molecule has 2 rings (SSSR count). The summed E-state index contributed by atoms with van der Waals surface area (Å²) >= 11 is 0. The van der Waals surface area contributed by atoms with E-state index in [1.807, 2.05) is 6.92 Å². The molecule has 1 aliphatic heterocycles. The molecule has 144 valence electrons. The summed E-state index contributed by atoms with van der Waals surface area (Å²) in [6, 6.07) is 0. The summed E-state index contributed by atoms with van der Waals surface area (Å²) in [4.78, 5) is 24.5. The van der Waals surface area contributed by atoms with E-state index < -0.39 is 26.9 Å². The summed E-state index contributed by atoms with van der Waals surface area (Å²) in [6.45, 7) is 6.48. The number of hydrogen-bond donors (Lipinski definition) is 2. The normalized spacial score (nSPS) is 30.5. The fourth-order valence-electron chi connectivity index (χ4n) is 3.80. The molecule has 0 radical (unpaired) electrons. The van der Waals surface area contributed by atoms with Gasteiger partial charge in [0.2, 0.25) is 15.9 Å². The minimum atomic E-state index is -3.26. The van der Waals surface area contributed by atoms with Crippen molar-refractivity contribution in [3.63, 3.8) is 0 Å². The van der Waals surface area contributed by atoms with E-state index in [1.165, 1.54) is 4.31 Å². The Balaban J connectivity index is 2.05. The van der Waals surface area contributed by atoms with Gasteiger partial charge in [-0.2, -0.15) is 0 Å². The average molecular weight is 376 g/mol. The quantitative estimate of drug-likeness (QED) is 0.695. The molecule has 0 aromatic heterocycles. The number of aliphatic carboxylic acids is 1. The Hall–Kier alpha value is -1.19. The van der Waals surface area contributed by atoms with E-state index in [0.29, 0.717) is 19.4 Å². The van der Waals surface area contributed by atoms with Crippen molar-refractivity contribution in [3.8, 4) is 0 Å². The summed E-state index contributed by atoms with van der Waals surface area (Å²) in [6.07, 6.45) is 1.95. The van der Waals surface area contributed by atoms with Gasteiger partial charge in [0.1, 0.15) is 5.54 Å². The first-order valence-electron chi connectivity index (χ1n) is 8.58. The first kappa shape index (κ1) is 20.1.